The SMILES string of the molecule is CC1CCCC1CNC1CCc2ccccc21. The van der Waals surface area contributed by atoms with Gasteiger partial charge in [0, 0.05) is 6.04 Å². The second-order valence-electron chi connectivity index (χ2n) is 5.87. The van der Waals surface area contributed by atoms with Crippen LogP contribution in [0.15, 0.2) is 24.3 Å². The Labute approximate surface area is 105 Å². The Hall–Kier alpha value is -0.820. The molecule has 0 aliphatic heterocycles. The fourth-order valence-corrected chi connectivity index (χ4v) is 3.59. The highest BCUT2D eigenvalue weighted by Gasteiger charge is 2.26. The molecule has 0 bridgehead atoms. The summed E-state index contributed by atoms with van der Waals surface area (Å²) in [5.74, 6) is 1.85. The van der Waals surface area contributed by atoms with E-state index >= 15 is 0 Å². The summed E-state index contributed by atoms with van der Waals surface area (Å²) in [4.78, 5) is 0. The van der Waals surface area contributed by atoms with Crippen molar-refractivity contribution in [1.82, 2.24) is 5.32 Å². The lowest BCUT2D eigenvalue weighted by Gasteiger charge is -2.20. The van der Waals surface area contributed by atoms with Crippen molar-refractivity contribution in [2.24, 2.45) is 11.8 Å². The molecule has 0 radical (unpaired) electrons. The van der Waals surface area contributed by atoms with Crippen LogP contribution in [0.4, 0.5) is 0 Å². The van der Waals surface area contributed by atoms with Crippen molar-refractivity contribution < 1.29 is 0 Å². The number of nitrogens with one attached hydrogen (secondary N) is 1. The molecule has 3 atom stereocenters. The van der Waals surface area contributed by atoms with E-state index in [9.17, 15) is 0 Å². The molecule has 0 aromatic heterocycles. The third kappa shape index (κ3) is 2.26. The molecule has 1 saturated carbocycles. The first-order chi connectivity index (χ1) is 8.34. The van der Waals surface area contributed by atoms with Crippen LogP contribution in [0.25, 0.3) is 0 Å². The van der Waals surface area contributed by atoms with Crippen molar-refractivity contribution in [3.63, 3.8) is 0 Å². The average molecular weight is 229 g/mol. The normalized spacial score (nSPS) is 31.7. The first-order valence-corrected chi connectivity index (χ1v) is 7.16. The fraction of sp³-hybridized carbons (Fsp3) is 0.625. The number of aryl methyl sites for hydroxylation is 1. The topological polar surface area (TPSA) is 12.0 Å². The van der Waals surface area contributed by atoms with Crippen LogP contribution in [0.5, 0.6) is 0 Å². The summed E-state index contributed by atoms with van der Waals surface area (Å²) < 4.78 is 0. The quantitative estimate of drug-likeness (QED) is 0.833. The van der Waals surface area contributed by atoms with E-state index in [1.54, 1.807) is 11.1 Å². The van der Waals surface area contributed by atoms with Crippen molar-refractivity contribution in [2.75, 3.05) is 6.54 Å². The van der Waals surface area contributed by atoms with Gasteiger partial charge < -0.3 is 5.32 Å². The van der Waals surface area contributed by atoms with E-state index in [-0.39, 0.29) is 0 Å². The molecule has 1 N–H and O–H groups in total. The zero-order valence-corrected chi connectivity index (χ0v) is 10.8. The molecule has 0 heterocycles. The molecule has 2 aliphatic carbocycles. The molecule has 17 heavy (non-hydrogen) atoms. The van der Waals surface area contributed by atoms with E-state index in [2.05, 4.69) is 36.5 Å². The van der Waals surface area contributed by atoms with Crippen LogP contribution in [0, 0.1) is 11.8 Å². The zero-order valence-electron chi connectivity index (χ0n) is 10.8. The molecular weight excluding hydrogens is 206 g/mol. The first-order valence-electron chi connectivity index (χ1n) is 7.16. The van der Waals surface area contributed by atoms with E-state index in [1.807, 2.05) is 0 Å². The third-order valence-corrected chi connectivity index (χ3v) is 4.80. The minimum absolute atomic E-state index is 0.624. The van der Waals surface area contributed by atoms with Gasteiger partial charge in [0.05, 0.1) is 0 Å². The van der Waals surface area contributed by atoms with Gasteiger partial charge in [-0.25, -0.2) is 0 Å². The summed E-state index contributed by atoms with van der Waals surface area (Å²) in [6, 6.07) is 9.56. The summed E-state index contributed by atoms with van der Waals surface area (Å²) in [5, 5.41) is 3.81. The van der Waals surface area contributed by atoms with Gasteiger partial charge in [-0.3, -0.25) is 0 Å². The van der Waals surface area contributed by atoms with Crippen molar-refractivity contribution in [2.45, 2.75) is 45.1 Å². The molecule has 1 aromatic rings. The van der Waals surface area contributed by atoms with Crippen LogP contribution in [-0.4, -0.2) is 6.54 Å². The lowest BCUT2D eigenvalue weighted by molar-refractivity contribution is 0.367. The highest BCUT2D eigenvalue weighted by Crippen LogP contribution is 2.34. The Kier molecular flexibility index (Phi) is 3.19. The van der Waals surface area contributed by atoms with Crippen LogP contribution >= 0.6 is 0 Å². The van der Waals surface area contributed by atoms with Gasteiger partial charge in [-0.2, -0.15) is 0 Å². The molecule has 3 rings (SSSR count). The van der Waals surface area contributed by atoms with Gasteiger partial charge in [-0.15, -0.1) is 0 Å². The standard InChI is InChI=1S/C16H23N/c1-12-5-4-7-14(12)11-17-16-10-9-13-6-2-3-8-15(13)16/h2-3,6,8,12,14,16-17H,4-5,7,9-11H2,1H3. The van der Waals surface area contributed by atoms with Gasteiger partial charge in [0.2, 0.25) is 0 Å². The van der Waals surface area contributed by atoms with Crippen molar-refractivity contribution in [1.29, 1.82) is 0 Å². The summed E-state index contributed by atoms with van der Waals surface area (Å²) in [7, 11) is 0. The number of benzene rings is 1. The van der Waals surface area contributed by atoms with Crippen molar-refractivity contribution >= 4 is 0 Å². The summed E-state index contributed by atoms with van der Waals surface area (Å²) in [6.45, 7) is 3.64. The molecule has 2 aliphatic rings. The Morgan fingerprint density at radius 2 is 2.06 bits per heavy atom. The first kappa shape index (κ1) is 11.3. The van der Waals surface area contributed by atoms with Crippen molar-refractivity contribution in [3.8, 4) is 0 Å². The van der Waals surface area contributed by atoms with Gasteiger partial charge in [0.25, 0.3) is 0 Å². The van der Waals surface area contributed by atoms with Gasteiger partial charge in [-0.05, 0) is 48.8 Å². The maximum Gasteiger partial charge on any atom is 0.0326 e. The molecule has 3 unspecified atom stereocenters. The lowest BCUT2D eigenvalue weighted by atomic mass is 9.97. The number of hydrogen-bond acceptors (Lipinski definition) is 1. The minimum atomic E-state index is 0.624. The van der Waals surface area contributed by atoms with Crippen LogP contribution in [-0.2, 0) is 6.42 Å². The van der Waals surface area contributed by atoms with Gasteiger partial charge >= 0.3 is 0 Å². The Morgan fingerprint density at radius 1 is 1.18 bits per heavy atom. The van der Waals surface area contributed by atoms with E-state index < -0.39 is 0 Å². The number of fused-ring (bicyclic) bond motifs is 1. The second-order valence-corrected chi connectivity index (χ2v) is 5.87. The molecule has 1 aromatic carbocycles. The van der Waals surface area contributed by atoms with E-state index in [4.69, 9.17) is 0 Å². The highest BCUT2D eigenvalue weighted by atomic mass is 14.9. The van der Waals surface area contributed by atoms with Crippen LogP contribution < -0.4 is 5.32 Å². The van der Waals surface area contributed by atoms with Crippen molar-refractivity contribution in [3.05, 3.63) is 35.4 Å². The van der Waals surface area contributed by atoms with Gasteiger partial charge in [0.1, 0.15) is 0 Å². The Morgan fingerprint density at radius 3 is 2.88 bits per heavy atom. The van der Waals surface area contributed by atoms with Crippen LogP contribution in [0.2, 0.25) is 0 Å². The Bertz CT molecular complexity index is 385. The zero-order chi connectivity index (χ0) is 11.7. The van der Waals surface area contributed by atoms with E-state index in [1.165, 1.54) is 38.6 Å². The number of hydrogen-bond donors (Lipinski definition) is 1. The smallest absolute Gasteiger partial charge is 0.0326 e. The molecule has 1 heteroatoms. The predicted octanol–water partition coefficient (Wildman–Crippen LogP) is 3.70. The molecular formula is C16H23N. The molecule has 0 amide bonds. The second kappa shape index (κ2) is 4.81. The molecule has 92 valence electrons. The fourth-order valence-electron chi connectivity index (χ4n) is 3.59. The summed E-state index contributed by atoms with van der Waals surface area (Å²) in [6.07, 6.45) is 6.86. The van der Waals surface area contributed by atoms with Crippen LogP contribution in [0.3, 0.4) is 0 Å². The lowest BCUT2D eigenvalue weighted by Crippen LogP contribution is -2.27. The Balaban J connectivity index is 1.60. The molecule has 0 spiro atoms. The summed E-state index contributed by atoms with van der Waals surface area (Å²) >= 11 is 0. The maximum atomic E-state index is 3.81. The monoisotopic (exact) mass is 229 g/mol. The van der Waals surface area contributed by atoms with E-state index in [0.29, 0.717) is 6.04 Å². The van der Waals surface area contributed by atoms with Gasteiger partial charge in [-0.1, -0.05) is 44.0 Å². The average Bonchev–Trinajstić information content (AvgIpc) is 2.93. The number of rotatable bonds is 3. The molecule has 0 saturated heterocycles. The molecule has 1 nitrogen and oxygen atoms in total. The van der Waals surface area contributed by atoms with E-state index in [0.717, 1.165) is 11.8 Å². The largest absolute Gasteiger partial charge is 0.310 e. The maximum absolute atomic E-state index is 3.81. The van der Waals surface area contributed by atoms with Gasteiger partial charge in [0.15, 0.2) is 0 Å². The van der Waals surface area contributed by atoms with Crippen LogP contribution in [0.1, 0.15) is 49.8 Å². The summed E-state index contributed by atoms with van der Waals surface area (Å²) in [5.41, 5.74) is 3.11. The minimum Gasteiger partial charge on any atom is -0.310 e. The third-order valence-electron chi connectivity index (χ3n) is 4.80. The highest BCUT2D eigenvalue weighted by molar-refractivity contribution is 5.34. The molecule has 1 fully saturated rings. The predicted molar refractivity (Wildman–Crippen MR) is 72.0 cm³/mol.